The summed E-state index contributed by atoms with van der Waals surface area (Å²) in [6.07, 6.45) is 0.687. The van der Waals surface area contributed by atoms with Crippen molar-refractivity contribution in [3.63, 3.8) is 0 Å². The van der Waals surface area contributed by atoms with E-state index in [4.69, 9.17) is 0 Å². The SMILES string of the molecule is Cc1ccc(C2(C)CC(C)(C)N(S(=O)(=O)c3ccccc3)c3ccccc32)cc1. The van der Waals surface area contributed by atoms with Gasteiger partial charge in [0.2, 0.25) is 0 Å². The highest BCUT2D eigenvalue weighted by Crippen LogP contribution is 2.51. The van der Waals surface area contributed by atoms with Gasteiger partial charge >= 0.3 is 0 Å². The van der Waals surface area contributed by atoms with E-state index < -0.39 is 15.6 Å². The summed E-state index contributed by atoms with van der Waals surface area (Å²) in [5.41, 5.74) is 3.35. The Kier molecular flexibility index (Phi) is 4.58. The van der Waals surface area contributed by atoms with E-state index in [0.29, 0.717) is 11.3 Å². The number of hydrogen-bond acceptors (Lipinski definition) is 2. The molecule has 4 heteroatoms. The van der Waals surface area contributed by atoms with Crippen LogP contribution in [-0.2, 0) is 15.4 Å². The maximum absolute atomic E-state index is 13.7. The lowest BCUT2D eigenvalue weighted by Crippen LogP contribution is -2.55. The van der Waals surface area contributed by atoms with Crippen LogP contribution < -0.4 is 4.31 Å². The zero-order valence-electron chi connectivity index (χ0n) is 17.4. The van der Waals surface area contributed by atoms with Crippen LogP contribution in [0.4, 0.5) is 5.69 Å². The van der Waals surface area contributed by atoms with Crippen LogP contribution in [0.1, 0.15) is 43.9 Å². The van der Waals surface area contributed by atoms with Gasteiger partial charge in [-0.25, -0.2) is 8.42 Å². The van der Waals surface area contributed by atoms with E-state index in [2.05, 4.69) is 44.2 Å². The smallest absolute Gasteiger partial charge is 0.260 e. The average molecular weight is 406 g/mol. The first-order valence-corrected chi connectivity index (χ1v) is 11.4. The van der Waals surface area contributed by atoms with Crippen molar-refractivity contribution in [2.45, 2.75) is 50.0 Å². The number of rotatable bonds is 3. The van der Waals surface area contributed by atoms with Gasteiger partial charge < -0.3 is 0 Å². The molecule has 3 nitrogen and oxygen atoms in total. The third-order valence-corrected chi connectivity index (χ3v) is 8.06. The maximum atomic E-state index is 13.7. The molecule has 0 aliphatic carbocycles. The Morgan fingerprint density at radius 3 is 2.03 bits per heavy atom. The minimum Gasteiger partial charge on any atom is -0.260 e. The fourth-order valence-electron chi connectivity index (χ4n) is 4.81. The molecule has 1 aliphatic heterocycles. The molecule has 3 aromatic carbocycles. The van der Waals surface area contributed by atoms with Crippen LogP contribution in [0.3, 0.4) is 0 Å². The lowest BCUT2D eigenvalue weighted by molar-refractivity contribution is 0.351. The second kappa shape index (κ2) is 6.74. The third-order valence-electron chi connectivity index (χ3n) is 6.02. The van der Waals surface area contributed by atoms with Crippen LogP contribution in [-0.4, -0.2) is 14.0 Å². The Hall–Kier alpha value is -2.59. The molecule has 1 heterocycles. The van der Waals surface area contributed by atoms with E-state index in [0.717, 1.165) is 11.3 Å². The second-order valence-electron chi connectivity index (χ2n) is 8.79. The standard InChI is InChI=1S/C25H27NO2S/c1-19-14-16-20(17-15-19)25(4)18-24(2,3)26(23-13-9-8-12-22(23)25)29(27,28)21-10-6-5-7-11-21/h5-17H,18H2,1-4H3. The molecule has 0 fully saturated rings. The van der Waals surface area contributed by atoms with Gasteiger partial charge in [0.15, 0.2) is 0 Å². The third kappa shape index (κ3) is 3.16. The summed E-state index contributed by atoms with van der Waals surface area (Å²) in [5.74, 6) is 0. The molecule has 0 amide bonds. The van der Waals surface area contributed by atoms with Gasteiger partial charge in [0, 0.05) is 5.41 Å². The van der Waals surface area contributed by atoms with Gasteiger partial charge in [0.25, 0.3) is 10.0 Å². The average Bonchev–Trinajstić information content (AvgIpc) is 2.68. The second-order valence-corrected chi connectivity index (χ2v) is 10.6. The first kappa shape index (κ1) is 19.7. The largest absolute Gasteiger partial charge is 0.264 e. The Balaban J connectivity index is 1.95. The molecule has 0 N–H and O–H groups in total. The Labute approximate surface area is 174 Å². The highest BCUT2D eigenvalue weighted by atomic mass is 32.2. The van der Waals surface area contributed by atoms with Crippen molar-refractivity contribution in [2.24, 2.45) is 0 Å². The molecule has 1 aliphatic rings. The molecule has 4 rings (SSSR count). The van der Waals surface area contributed by atoms with Gasteiger partial charge in [0.1, 0.15) is 0 Å². The van der Waals surface area contributed by atoms with E-state index in [9.17, 15) is 8.42 Å². The lowest BCUT2D eigenvalue weighted by Gasteiger charge is -2.51. The molecule has 0 aromatic heterocycles. The lowest BCUT2D eigenvalue weighted by atomic mass is 9.66. The van der Waals surface area contributed by atoms with Crippen molar-refractivity contribution in [3.8, 4) is 0 Å². The Morgan fingerprint density at radius 2 is 1.38 bits per heavy atom. The van der Waals surface area contributed by atoms with Gasteiger partial charge in [-0.2, -0.15) is 0 Å². The van der Waals surface area contributed by atoms with Gasteiger partial charge in [-0.05, 0) is 56.5 Å². The van der Waals surface area contributed by atoms with Gasteiger partial charge in [-0.3, -0.25) is 4.31 Å². The molecule has 0 saturated heterocycles. The molecule has 29 heavy (non-hydrogen) atoms. The summed E-state index contributed by atoms with van der Waals surface area (Å²) in [6, 6.07) is 25.2. The van der Waals surface area contributed by atoms with Crippen molar-refractivity contribution < 1.29 is 8.42 Å². The quantitative estimate of drug-likeness (QED) is 0.562. The molecular formula is C25H27NO2S. The molecule has 3 aromatic rings. The maximum Gasteiger partial charge on any atom is 0.264 e. The van der Waals surface area contributed by atoms with E-state index in [1.807, 2.05) is 38.1 Å². The topological polar surface area (TPSA) is 37.4 Å². The van der Waals surface area contributed by atoms with Crippen LogP contribution >= 0.6 is 0 Å². The monoisotopic (exact) mass is 405 g/mol. The summed E-state index contributed by atoms with van der Waals surface area (Å²) in [5, 5.41) is 0. The van der Waals surface area contributed by atoms with Gasteiger partial charge in [-0.1, -0.05) is 73.2 Å². The summed E-state index contributed by atoms with van der Waals surface area (Å²) in [7, 11) is -3.69. The van der Waals surface area contributed by atoms with Crippen molar-refractivity contribution in [1.82, 2.24) is 0 Å². The number of fused-ring (bicyclic) bond motifs is 1. The highest BCUT2D eigenvalue weighted by Gasteiger charge is 2.49. The molecule has 0 spiro atoms. The van der Waals surface area contributed by atoms with Crippen molar-refractivity contribution in [3.05, 3.63) is 95.6 Å². The fraction of sp³-hybridized carbons (Fsp3) is 0.280. The highest BCUT2D eigenvalue weighted by molar-refractivity contribution is 7.93. The van der Waals surface area contributed by atoms with Gasteiger partial charge in [0.05, 0.1) is 16.1 Å². The minimum atomic E-state index is -3.69. The van der Waals surface area contributed by atoms with Crippen LogP contribution in [0.2, 0.25) is 0 Å². The van der Waals surface area contributed by atoms with Crippen LogP contribution in [0.15, 0.2) is 83.8 Å². The zero-order valence-corrected chi connectivity index (χ0v) is 18.2. The Morgan fingerprint density at radius 1 is 0.793 bits per heavy atom. The number of para-hydroxylation sites is 1. The number of sulfonamides is 1. The molecule has 0 bridgehead atoms. The van der Waals surface area contributed by atoms with Crippen LogP contribution in [0, 0.1) is 6.92 Å². The summed E-state index contributed by atoms with van der Waals surface area (Å²) >= 11 is 0. The Bertz CT molecular complexity index is 1130. The molecule has 1 unspecified atom stereocenters. The molecular weight excluding hydrogens is 378 g/mol. The number of aryl methyl sites for hydroxylation is 1. The van der Waals surface area contributed by atoms with E-state index >= 15 is 0 Å². The van der Waals surface area contributed by atoms with Crippen molar-refractivity contribution in [1.29, 1.82) is 0 Å². The van der Waals surface area contributed by atoms with Crippen molar-refractivity contribution in [2.75, 3.05) is 4.31 Å². The molecule has 150 valence electrons. The molecule has 1 atom stereocenters. The summed E-state index contributed by atoms with van der Waals surface area (Å²) in [4.78, 5) is 0.321. The summed E-state index contributed by atoms with van der Waals surface area (Å²) < 4.78 is 29.0. The fourth-order valence-corrected chi connectivity index (χ4v) is 6.65. The van der Waals surface area contributed by atoms with Crippen molar-refractivity contribution >= 4 is 15.7 Å². The summed E-state index contributed by atoms with van der Waals surface area (Å²) in [6.45, 7) is 8.36. The normalized spacial score (nSPS) is 20.9. The number of anilines is 1. The number of benzene rings is 3. The van der Waals surface area contributed by atoms with Crippen LogP contribution in [0.25, 0.3) is 0 Å². The first-order chi connectivity index (χ1) is 13.7. The predicted molar refractivity (Wildman–Crippen MR) is 119 cm³/mol. The number of nitrogens with zero attached hydrogens (tertiary/aromatic N) is 1. The van der Waals surface area contributed by atoms with E-state index in [1.54, 1.807) is 28.6 Å². The number of hydrogen-bond donors (Lipinski definition) is 0. The molecule has 0 saturated carbocycles. The predicted octanol–water partition coefficient (Wildman–Crippen LogP) is 5.68. The zero-order chi connectivity index (χ0) is 20.9. The molecule has 0 radical (unpaired) electrons. The van der Waals surface area contributed by atoms with E-state index in [-0.39, 0.29) is 5.41 Å². The van der Waals surface area contributed by atoms with Gasteiger partial charge in [-0.15, -0.1) is 0 Å². The minimum absolute atomic E-state index is 0.281. The first-order valence-electron chi connectivity index (χ1n) is 9.93. The van der Waals surface area contributed by atoms with E-state index in [1.165, 1.54) is 11.1 Å². The van der Waals surface area contributed by atoms with Crippen LogP contribution in [0.5, 0.6) is 0 Å².